The Morgan fingerprint density at radius 3 is 2.84 bits per heavy atom. The van der Waals surface area contributed by atoms with Crippen molar-refractivity contribution >= 4 is 40.0 Å². The van der Waals surface area contributed by atoms with Gasteiger partial charge in [-0.3, -0.25) is 4.68 Å². The molecule has 5 rings (SSSR count). The molecule has 0 bridgehead atoms. The Kier molecular flexibility index (Phi) is 7.77. The summed E-state index contributed by atoms with van der Waals surface area (Å²) in [4.78, 5) is 4.36. The molecule has 0 amide bonds. The number of aromatic nitrogens is 3. The van der Waals surface area contributed by atoms with Crippen LogP contribution in [0.5, 0.6) is 5.75 Å². The quantitative estimate of drug-likeness (QED) is 0.212. The van der Waals surface area contributed by atoms with E-state index in [-0.39, 0.29) is 21.6 Å². The number of piperidine rings is 1. The van der Waals surface area contributed by atoms with Crippen LogP contribution in [0.4, 0.5) is 10.2 Å². The zero-order valence-corrected chi connectivity index (χ0v) is 22.2. The third kappa shape index (κ3) is 5.05. The first-order valence-corrected chi connectivity index (χ1v) is 13.1. The number of hydrogen-bond donors (Lipinski definition) is 3. The van der Waals surface area contributed by atoms with Crippen LogP contribution in [-0.2, 0) is 0 Å². The minimum atomic E-state index is -0.761. The number of nitrogens with one attached hydrogen (secondary N) is 1. The molecule has 1 atom stereocenters. The number of fused-ring (bicyclic) bond motifs is 1. The van der Waals surface area contributed by atoms with Crippen molar-refractivity contribution in [1.82, 2.24) is 20.1 Å². The van der Waals surface area contributed by atoms with Crippen LogP contribution in [0.15, 0.2) is 35.1 Å². The highest BCUT2D eigenvalue weighted by molar-refractivity contribution is 6.36. The number of furan rings is 1. The number of nitrogen functional groups attached to an aromatic ring is 1. The zero-order chi connectivity index (χ0) is 26.8. The van der Waals surface area contributed by atoms with E-state index in [4.69, 9.17) is 43.8 Å². The number of ether oxygens (including phenoxy) is 1. The molecule has 5 N–H and O–H groups in total. The van der Waals surface area contributed by atoms with Crippen molar-refractivity contribution in [2.24, 2.45) is 5.73 Å². The Hall–Kier alpha value is -3.29. The summed E-state index contributed by atoms with van der Waals surface area (Å²) < 4.78 is 28.6. The predicted octanol–water partition coefficient (Wildman–Crippen LogP) is 5.48. The molecule has 4 aromatic rings. The predicted molar refractivity (Wildman–Crippen MR) is 147 cm³/mol. The van der Waals surface area contributed by atoms with Gasteiger partial charge in [0, 0.05) is 47.1 Å². The number of pyridine rings is 1. The Bertz CT molecular complexity index is 1530. The van der Waals surface area contributed by atoms with E-state index in [1.54, 1.807) is 19.3 Å². The van der Waals surface area contributed by atoms with Crippen LogP contribution in [0, 0.1) is 17.7 Å². The molecule has 0 saturated carbocycles. The fourth-order valence-electron chi connectivity index (χ4n) is 4.64. The van der Waals surface area contributed by atoms with E-state index in [9.17, 15) is 4.39 Å². The van der Waals surface area contributed by atoms with Gasteiger partial charge in [-0.2, -0.15) is 5.10 Å². The summed E-state index contributed by atoms with van der Waals surface area (Å²) in [6, 6.07) is 2.94. The van der Waals surface area contributed by atoms with Gasteiger partial charge in [-0.1, -0.05) is 29.1 Å². The maximum Gasteiger partial charge on any atom is 0.205 e. The van der Waals surface area contributed by atoms with E-state index >= 15 is 0 Å². The van der Waals surface area contributed by atoms with Gasteiger partial charge in [-0.15, -0.1) is 0 Å². The third-order valence-corrected chi connectivity index (χ3v) is 7.26. The van der Waals surface area contributed by atoms with Crippen LogP contribution >= 0.6 is 23.2 Å². The van der Waals surface area contributed by atoms with Crippen molar-refractivity contribution in [3.05, 3.63) is 57.9 Å². The molecule has 8 nitrogen and oxygen atoms in total. The topological polar surface area (TPSA) is 117 Å². The second kappa shape index (κ2) is 11.2. The molecule has 1 fully saturated rings. The fraction of sp³-hybridized carbons (Fsp3) is 0.333. The number of nitrogens with two attached hydrogens (primary N) is 2. The highest BCUT2D eigenvalue weighted by atomic mass is 35.5. The number of nitrogens with zero attached hydrogens (tertiary/aromatic N) is 3. The molecule has 1 aliphatic rings. The molecular weight excluding hydrogens is 530 g/mol. The molecule has 1 aromatic carbocycles. The highest BCUT2D eigenvalue weighted by Crippen LogP contribution is 2.43. The summed E-state index contributed by atoms with van der Waals surface area (Å²) in [5, 5.41) is 8.80. The summed E-state index contributed by atoms with van der Waals surface area (Å²) in [5.41, 5.74) is 14.1. The Morgan fingerprint density at radius 2 is 2.08 bits per heavy atom. The van der Waals surface area contributed by atoms with E-state index in [1.165, 1.54) is 12.1 Å². The van der Waals surface area contributed by atoms with E-state index in [2.05, 4.69) is 27.2 Å². The largest absolute Gasteiger partial charge is 0.478 e. The minimum Gasteiger partial charge on any atom is -0.478 e. The van der Waals surface area contributed by atoms with Crippen molar-refractivity contribution in [1.29, 1.82) is 0 Å². The van der Waals surface area contributed by atoms with Crippen LogP contribution in [0.1, 0.15) is 49.7 Å². The van der Waals surface area contributed by atoms with Crippen molar-refractivity contribution in [2.45, 2.75) is 38.3 Å². The zero-order valence-electron chi connectivity index (χ0n) is 20.7. The SMILES string of the molecule is C[C@@H](Oc1c(N)ncc2c(-c3cnn(C4CCNCC4)c3)c(C#CCCN)oc12)c1c(Cl)ccc(F)c1Cl. The Labute approximate surface area is 229 Å². The van der Waals surface area contributed by atoms with Gasteiger partial charge in [0.1, 0.15) is 11.9 Å². The number of anilines is 1. The molecule has 0 unspecified atom stereocenters. The molecule has 198 valence electrons. The molecule has 0 spiro atoms. The maximum atomic E-state index is 14.2. The van der Waals surface area contributed by atoms with Gasteiger partial charge in [0.05, 0.1) is 22.6 Å². The molecule has 38 heavy (non-hydrogen) atoms. The van der Waals surface area contributed by atoms with Crippen molar-refractivity contribution in [3.8, 4) is 28.7 Å². The van der Waals surface area contributed by atoms with Gasteiger partial charge in [-0.25, -0.2) is 9.37 Å². The number of rotatable bonds is 6. The van der Waals surface area contributed by atoms with E-state index in [0.29, 0.717) is 41.3 Å². The lowest BCUT2D eigenvalue weighted by atomic mass is 10.1. The standard InChI is InChI=1S/C27H27Cl2FN6O2/c1-15(22-19(28)5-6-20(30)24(22)29)37-26-25-18(13-34-27(26)32)23(21(38-25)4-2-3-9-31)16-12-35-36(14-16)17-7-10-33-11-8-17/h5-6,12-15,17,33H,3,7-11,31H2,1H3,(H2,32,34)/t15-/m1/s1. The molecule has 0 aliphatic carbocycles. The lowest BCUT2D eigenvalue weighted by molar-refractivity contribution is 0.227. The number of hydrogen-bond acceptors (Lipinski definition) is 7. The average molecular weight is 557 g/mol. The van der Waals surface area contributed by atoms with Gasteiger partial charge in [0.2, 0.25) is 5.75 Å². The summed E-state index contributed by atoms with van der Waals surface area (Å²) in [5.74, 6) is 6.23. The minimum absolute atomic E-state index is 0.0974. The summed E-state index contributed by atoms with van der Waals surface area (Å²) >= 11 is 12.5. The fourth-order valence-corrected chi connectivity index (χ4v) is 5.32. The van der Waals surface area contributed by atoms with Gasteiger partial charge in [0.25, 0.3) is 0 Å². The maximum absolute atomic E-state index is 14.2. The van der Waals surface area contributed by atoms with Crippen LogP contribution in [0.25, 0.3) is 22.1 Å². The average Bonchev–Trinajstić information content (AvgIpc) is 3.54. The van der Waals surface area contributed by atoms with Crippen LogP contribution in [-0.4, -0.2) is 34.4 Å². The van der Waals surface area contributed by atoms with E-state index in [0.717, 1.165) is 37.1 Å². The normalized spacial score (nSPS) is 14.9. The molecule has 3 aromatic heterocycles. The van der Waals surface area contributed by atoms with Crippen LogP contribution in [0.3, 0.4) is 0 Å². The van der Waals surface area contributed by atoms with Crippen molar-refractivity contribution in [2.75, 3.05) is 25.4 Å². The molecule has 4 heterocycles. The lowest BCUT2D eigenvalue weighted by Crippen LogP contribution is -2.29. The first-order chi connectivity index (χ1) is 18.4. The van der Waals surface area contributed by atoms with E-state index in [1.807, 2.05) is 10.9 Å². The molecule has 1 aliphatic heterocycles. The first-order valence-electron chi connectivity index (χ1n) is 12.3. The molecule has 0 radical (unpaired) electrons. The van der Waals surface area contributed by atoms with Crippen molar-refractivity contribution < 1.29 is 13.5 Å². The first kappa shape index (κ1) is 26.3. The number of benzene rings is 1. The van der Waals surface area contributed by atoms with Crippen molar-refractivity contribution in [3.63, 3.8) is 0 Å². The molecular formula is C27H27Cl2FN6O2. The second-order valence-electron chi connectivity index (χ2n) is 9.07. The Balaban J connectivity index is 1.60. The summed E-state index contributed by atoms with van der Waals surface area (Å²) in [6.07, 6.45) is 7.15. The highest BCUT2D eigenvalue weighted by Gasteiger charge is 2.26. The van der Waals surface area contributed by atoms with Gasteiger partial charge >= 0.3 is 0 Å². The van der Waals surface area contributed by atoms with Gasteiger partial charge in [-0.05, 0) is 50.9 Å². The molecule has 11 heteroatoms. The summed E-state index contributed by atoms with van der Waals surface area (Å²) in [6.45, 7) is 4.02. The third-order valence-electron chi connectivity index (χ3n) is 6.54. The number of halogens is 3. The molecule has 1 saturated heterocycles. The van der Waals surface area contributed by atoms with Gasteiger partial charge in [0.15, 0.2) is 17.2 Å². The second-order valence-corrected chi connectivity index (χ2v) is 9.85. The summed E-state index contributed by atoms with van der Waals surface area (Å²) in [7, 11) is 0. The monoisotopic (exact) mass is 556 g/mol. The van der Waals surface area contributed by atoms with E-state index < -0.39 is 11.9 Å². The van der Waals surface area contributed by atoms with Crippen LogP contribution < -0.4 is 21.5 Å². The Morgan fingerprint density at radius 1 is 1.29 bits per heavy atom. The van der Waals surface area contributed by atoms with Gasteiger partial charge < -0.3 is 25.9 Å². The lowest BCUT2D eigenvalue weighted by Gasteiger charge is -2.22. The smallest absolute Gasteiger partial charge is 0.205 e. The van der Waals surface area contributed by atoms with Crippen LogP contribution in [0.2, 0.25) is 10.0 Å².